The number of furan rings is 1. The Morgan fingerprint density at radius 3 is 2.56 bits per heavy atom. The quantitative estimate of drug-likeness (QED) is 0.385. The zero-order valence-electron chi connectivity index (χ0n) is 13.8. The van der Waals surface area contributed by atoms with Gasteiger partial charge < -0.3 is 9.52 Å². The number of para-hydroxylation sites is 2. The molecule has 0 unspecified atom stereocenters. The number of hydrogen-bond acceptors (Lipinski definition) is 5. The molecule has 0 aliphatic carbocycles. The van der Waals surface area contributed by atoms with E-state index in [1.165, 1.54) is 0 Å². The molecule has 6 heteroatoms. The predicted octanol–water partition coefficient (Wildman–Crippen LogP) is 5.48. The van der Waals surface area contributed by atoms with E-state index in [-0.39, 0.29) is 5.95 Å². The molecule has 0 fully saturated rings. The Hall–Kier alpha value is -3.25. The van der Waals surface area contributed by atoms with E-state index in [9.17, 15) is 5.11 Å². The van der Waals surface area contributed by atoms with Gasteiger partial charge in [-0.05, 0) is 29.7 Å². The molecule has 5 nitrogen and oxygen atoms in total. The van der Waals surface area contributed by atoms with Gasteiger partial charge in [0.05, 0.1) is 22.4 Å². The summed E-state index contributed by atoms with van der Waals surface area (Å²) in [4.78, 5) is 14.0. The van der Waals surface area contributed by atoms with E-state index in [0.717, 1.165) is 32.0 Å². The molecule has 0 saturated heterocycles. The molecule has 27 heavy (non-hydrogen) atoms. The summed E-state index contributed by atoms with van der Waals surface area (Å²) in [5.41, 5.74) is 5.19. The van der Waals surface area contributed by atoms with Gasteiger partial charge >= 0.3 is 0 Å². The molecule has 0 atom stereocenters. The van der Waals surface area contributed by atoms with Crippen LogP contribution in [0.2, 0.25) is 0 Å². The zero-order chi connectivity index (χ0) is 18.1. The molecule has 1 N–H and O–H groups in total. The maximum Gasteiger partial charge on any atom is 0.295 e. The van der Waals surface area contributed by atoms with E-state index in [1.807, 2.05) is 54.6 Å². The lowest BCUT2D eigenvalue weighted by molar-refractivity contribution is 0.343. The van der Waals surface area contributed by atoms with Gasteiger partial charge in [0, 0.05) is 15.4 Å². The number of fused-ring (bicyclic) bond motifs is 2. The number of halogens is 1. The van der Waals surface area contributed by atoms with Crippen LogP contribution < -0.4 is 0 Å². The van der Waals surface area contributed by atoms with Gasteiger partial charge in [-0.1, -0.05) is 46.3 Å². The third-order valence-corrected chi connectivity index (χ3v) is 5.56. The van der Waals surface area contributed by atoms with E-state index in [4.69, 9.17) is 9.41 Å². The van der Waals surface area contributed by atoms with E-state index in [2.05, 4.69) is 25.9 Å². The minimum atomic E-state index is -0.220. The maximum atomic E-state index is 10.6. The van der Waals surface area contributed by atoms with E-state index >= 15 is 0 Å². The Bertz CT molecular complexity index is 1450. The Morgan fingerprint density at radius 2 is 1.70 bits per heavy atom. The van der Waals surface area contributed by atoms with Gasteiger partial charge in [0.2, 0.25) is 5.71 Å². The van der Waals surface area contributed by atoms with Gasteiger partial charge in [-0.2, -0.15) is 0 Å². The van der Waals surface area contributed by atoms with Crippen LogP contribution in [0.15, 0.2) is 68.5 Å². The van der Waals surface area contributed by atoms with Gasteiger partial charge in [-0.15, -0.1) is 0 Å². The molecule has 0 bridgehead atoms. The third-order valence-electron chi connectivity index (χ3n) is 4.87. The lowest BCUT2D eigenvalue weighted by atomic mass is 9.99. The molecule has 0 saturated carbocycles. The normalized spacial score (nSPS) is 13.0. The fourth-order valence-electron chi connectivity index (χ4n) is 3.69. The second-order valence-electron chi connectivity index (χ2n) is 6.40. The third kappa shape index (κ3) is 1.96. The highest BCUT2D eigenvalue weighted by Gasteiger charge is 2.28. The predicted molar refractivity (Wildman–Crippen MR) is 108 cm³/mol. The highest BCUT2D eigenvalue weighted by atomic mass is 79.9. The molecular weight excluding hydrogens is 406 g/mol. The molecule has 5 aromatic rings. The topological polar surface area (TPSA) is 71.5 Å². The fourth-order valence-corrected chi connectivity index (χ4v) is 4.15. The molecule has 1 aliphatic heterocycles. The van der Waals surface area contributed by atoms with Crippen molar-refractivity contribution in [1.29, 1.82) is 0 Å². The molecule has 0 amide bonds. The van der Waals surface area contributed by atoms with Crippen LogP contribution >= 0.6 is 15.9 Å². The van der Waals surface area contributed by atoms with Crippen LogP contribution in [0.3, 0.4) is 0 Å². The molecule has 6 rings (SSSR count). The van der Waals surface area contributed by atoms with Crippen LogP contribution in [0.5, 0.6) is 5.95 Å². The number of aromatic hydroxyl groups is 1. The lowest BCUT2D eigenvalue weighted by Gasteiger charge is -2.04. The molecule has 0 spiro atoms. The van der Waals surface area contributed by atoms with E-state index in [0.29, 0.717) is 28.0 Å². The van der Waals surface area contributed by atoms with E-state index in [1.54, 1.807) is 0 Å². The summed E-state index contributed by atoms with van der Waals surface area (Å²) in [7, 11) is 0. The van der Waals surface area contributed by atoms with Crippen LogP contribution in [0.1, 0.15) is 11.1 Å². The Kier molecular flexibility index (Phi) is 2.83. The number of nitrogens with zero attached hydrogens (tertiary/aromatic N) is 3. The zero-order valence-corrected chi connectivity index (χ0v) is 15.4. The summed E-state index contributed by atoms with van der Waals surface area (Å²) in [5, 5.41) is 12.7. The van der Waals surface area contributed by atoms with Gasteiger partial charge in [-0.3, -0.25) is 0 Å². The molecule has 0 radical (unpaired) electrons. The van der Waals surface area contributed by atoms with Crippen LogP contribution in [-0.2, 0) is 0 Å². The van der Waals surface area contributed by atoms with Crippen LogP contribution in [-0.4, -0.2) is 20.8 Å². The van der Waals surface area contributed by atoms with Crippen molar-refractivity contribution in [2.45, 2.75) is 0 Å². The molecule has 2 aromatic heterocycles. The van der Waals surface area contributed by atoms with Crippen molar-refractivity contribution < 1.29 is 9.52 Å². The fraction of sp³-hybridized carbons (Fsp3) is 0. The minimum absolute atomic E-state index is 0.220. The first-order chi connectivity index (χ1) is 13.2. The standard InChI is InChI=1S/C21H10BrN3O2/c22-12-8-9-15-16-10(12)4-3-5-11(16)18(24-15)17-19-20(27-21(17)26)25-14-7-2-1-6-13(14)23-19/h1-9,26H. The first-order valence-electron chi connectivity index (χ1n) is 8.39. The summed E-state index contributed by atoms with van der Waals surface area (Å²) in [6, 6.07) is 17.5. The average molecular weight is 416 g/mol. The summed E-state index contributed by atoms with van der Waals surface area (Å²) in [6.07, 6.45) is 0. The van der Waals surface area contributed by atoms with Crippen molar-refractivity contribution in [3.8, 4) is 5.95 Å². The van der Waals surface area contributed by atoms with Gasteiger partial charge in [0.25, 0.3) is 5.95 Å². The number of aliphatic imine (C=N–C) groups is 1. The summed E-state index contributed by atoms with van der Waals surface area (Å²) < 4.78 is 6.54. The highest BCUT2D eigenvalue weighted by Crippen LogP contribution is 2.43. The van der Waals surface area contributed by atoms with Gasteiger partial charge in [0.15, 0.2) is 0 Å². The monoisotopic (exact) mass is 415 g/mol. The summed E-state index contributed by atoms with van der Waals surface area (Å²) >= 11 is 3.60. The van der Waals surface area contributed by atoms with Crippen LogP contribution in [0.4, 0.5) is 5.69 Å². The smallest absolute Gasteiger partial charge is 0.295 e. The van der Waals surface area contributed by atoms with Crippen molar-refractivity contribution in [2.24, 2.45) is 4.99 Å². The average Bonchev–Trinajstić information content (AvgIpc) is 3.20. The van der Waals surface area contributed by atoms with Gasteiger partial charge in [-0.25, -0.2) is 15.0 Å². The van der Waals surface area contributed by atoms with Gasteiger partial charge in [0.1, 0.15) is 11.1 Å². The largest absolute Gasteiger partial charge is 0.480 e. The first-order valence-corrected chi connectivity index (χ1v) is 9.19. The summed E-state index contributed by atoms with van der Waals surface area (Å²) in [6.45, 7) is 0. The number of rotatable bonds is 1. The molecular formula is C21H10BrN3O2. The Balaban J connectivity index is 1.69. The van der Waals surface area contributed by atoms with Crippen molar-refractivity contribution in [3.63, 3.8) is 0 Å². The van der Waals surface area contributed by atoms with Crippen molar-refractivity contribution in [3.05, 3.63) is 70.2 Å². The molecule has 3 heterocycles. The SMILES string of the molecule is Oc1oc2nc3ccccc3nc2c1C1=Nc2ccc(Br)c3cccc1c23. The van der Waals surface area contributed by atoms with Crippen molar-refractivity contribution in [1.82, 2.24) is 9.97 Å². The summed E-state index contributed by atoms with van der Waals surface area (Å²) in [5.74, 6) is -0.220. The maximum absolute atomic E-state index is 10.6. The molecule has 1 aliphatic rings. The molecule has 128 valence electrons. The number of benzene rings is 3. The van der Waals surface area contributed by atoms with Crippen LogP contribution in [0, 0.1) is 0 Å². The first kappa shape index (κ1) is 14.9. The number of aromatic nitrogens is 2. The van der Waals surface area contributed by atoms with Crippen molar-refractivity contribution in [2.75, 3.05) is 0 Å². The number of hydrogen-bond donors (Lipinski definition) is 1. The second kappa shape index (κ2) is 5.14. The Morgan fingerprint density at radius 1 is 0.889 bits per heavy atom. The van der Waals surface area contributed by atoms with Crippen LogP contribution in [0.25, 0.3) is 33.0 Å². The second-order valence-corrected chi connectivity index (χ2v) is 7.26. The Labute approximate surface area is 161 Å². The molecule has 3 aromatic carbocycles. The van der Waals surface area contributed by atoms with Crippen molar-refractivity contribution >= 4 is 60.4 Å². The lowest BCUT2D eigenvalue weighted by Crippen LogP contribution is -2.01. The highest BCUT2D eigenvalue weighted by molar-refractivity contribution is 9.10. The minimum Gasteiger partial charge on any atom is -0.480 e. The van der Waals surface area contributed by atoms with E-state index < -0.39 is 0 Å².